The second-order valence-electron chi connectivity index (χ2n) is 8.61. The molecule has 0 atom stereocenters. The van der Waals surface area contributed by atoms with Crippen molar-refractivity contribution in [3.63, 3.8) is 0 Å². The van der Waals surface area contributed by atoms with Gasteiger partial charge in [0, 0.05) is 38.8 Å². The van der Waals surface area contributed by atoms with Crippen molar-refractivity contribution in [2.75, 3.05) is 47.8 Å². The summed E-state index contributed by atoms with van der Waals surface area (Å²) in [6.07, 6.45) is 9.19. The number of aromatic nitrogens is 2. The van der Waals surface area contributed by atoms with Crippen molar-refractivity contribution in [2.45, 2.75) is 51.4 Å². The third-order valence-corrected chi connectivity index (χ3v) is 6.37. The second kappa shape index (κ2) is 11.4. The van der Waals surface area contributed by atoms with Crippen molar-refractivity contribution in [3.05, 3.63) is 41.7 Å². The zero-order valence-corrected chi connectivity index (χ0v) is 19.5. The summed E-state index contributed by atoms with van der Waals surface area (Å²) in [6, 6.07) is 8.80. The minimum Gasteiger partial charge on any atom is -0.362 e. The van der Waals surface area contributed by atoms with Crippen molar-refractivity contribution in [2.24, 2.45) is 0 Å². The van der Waals surface area contributed by atoms with Gasteiger partial charge < -0.3 is 20.4 Å². The Morgan fingerprint density at radius 2 is 1.44 bits per heavy atom. The number of anilines is 3. The molecule has 1 aromatic heterocycles. The maximum Gasteiger partial charge on any atom is 0.232 e. The van der Waals surface area contributed by atoms with E-state index < -0.39 is 0 Å². The van der Waals surface area contributed by atoms with Crippen LogP contribution in [0.25, 0.3) is 0 Å². The highest BCUT2D eigenvalue weighted by molar-refractivity contribution is 7.80. The van der Waals surface area contributed by atoms with E-state index in [9.17, 15) is 4.39 Å². The summed E-state index contributed by atoms with van der Waals surface area (Å²) in [5, 5.41) is 6.98. The van der Waals surface area contributed by atoms with Gasteiger partial charge in [0.25, 0.3) is 0 Å². The Bertz CT molecular complexity index is 842. The molecule has 0 spiro atoms. The van der Waals surface area contributed by atoms with Gasteiger partial charge in [-0.2, -0.15) is 9.97 Å². The van der Waals surface area contributed by atoms with Crippen LogP contribution in [0.1, 0.15) is 50.5 Å². The number of thiocarbonyl (C=S) groups is 1. The number of nitrogens with one attached hydrogen (secondary N) is 2. The van der Waals surface area contributed by atoms with Crippen molar-refractivity contribution in [1.82, 2.24) is 15.3 Å². The van der Waals surface area contributed by atoms with Crippen LogP contribution in [0, 0.1) is 5.82 Å². The van der Waals surface area contributed by atoms with Gasteiger partial charge >= 0.3 is 0 Å². The Kier molecular flexibility index (Phi) is 8.09. The van der Waals surface area contributed by atoms with E-state index in [-0.39, 0.29) is 5.82 Å². The fourth-order valence-corrected chi connectivity index (χ4v) is 4.53. The Balaban J connectivity index is 1.36. The van der Waals surface area contributed by atoms with Gasteiger partial charge in [0.05, 0.1) is 0 Å². The van der Waals surface area contributed by atoms with E-state index in [4.69, 9.17) is 22.2 Å². The maximum absolute atomic E-state index is 13.0. The van der Waals surface area contributed by atoms with E-state index in [1.165, 1.54) is 50.7 Å². The molecule has 0 bridgehead atoms. The van der Waals surface area contributed by atoms with Gasteiger partial charge in [-0.3, -0.25) is 0 Å². The molecule has 2 aliphatic heterocycles. The Morgan fingerprint density at radius 3 is 2.00 bits per heavy atom. The zero-order valence-electron chi connectivity index (χ0n) is 18.7. The SMILES string of the molecule is Fc1ccc(CCCNC(=S)Nc2nc(N3CCCCC3)cc(N3CCCCC3)n2)cc1. The van der Waals surface area contributed by atoms with Crippen LogP contribution in [0.5, 0.6) is 0 Å². The first-order chi connectivity index (χ1) is 15.7. The lowest BCUT2D eigenvalue weighted by atomic mass is 10.1. The van der Waals surface area contributed by atoms with Crippen molar-refractivity contribution in [1.29, 1.82) is 0 Å². The van der Waals surface area contributed by atoms with Crippen LogP contribution in [0.15, 0.2) is 30.3 Å². The molecule has 0 aliphatic carbocycles. The van der Waals surface area contributed by atoms with E-state index in [1.54, 1.807) is 0 Å². The van der Waals surface area contributed by atoms with E-state index in [0.29, 0.717) is 11.1 Å². The molecule has 172 valence electrons. The molecule has 2 aliphatic rings. The van der Waals surface area contributed by atoms with E-state index >= 15 is 0 Å². The molecule has 2 fully saturated rings. The van der Waals surface area contributed by atoms with Crippen molar-refractivity contribution in [3.8, 4) is 0 Å². The fourth-order valence-electron chi connectivity index (χ4n) is 4.34. The van der Waals surface area contributed by atoms with Crippen LogP contribution in [-0.4, -0.2) is 47.8 Å². The van der Waals surface area contributed by atoms with E-state index in [1.807, 2.05) is 12.1 Å². The van der Waals surface area contributed by atoms with Crippen molar-refractivity contribution < 1.29 is 4.39 Å². The standard InChI is InChI=1S/C24H33FN6S/c25-20-11-9-19(10-12-20)8-7-13-26-24(32)29-23-27-21(30-14-3-1-4-15-30)18-22(28-23)31-16-5-2-6-17-31/h9-12,18H,1-8,13-17H2,(H2,26,27,28,29,32). The molecule has 0 amide bonds. The molecule has 8 heteroatoms. The van der Waals surface area contributed by atoms with Gasteiger partial charge in [-0.25, -0.2) is 4.39 Å². The predicted octanol–water partition coefficient (Wildman–Crippen LogP) is 4.52. The molecule has 0 radical (unpaired) electrons. The number of benzene rings is 1. The zero-order chi connectivity index (χ0) is 22.2. The molecule has 2 N–H and O–H groups in total. The molecule has 2 saturated heterocycles. The van der Waals surface area contributed by atoms with Gasteiger partial charge in [-0.05, 0) is 81.3 Å². The molecule has 0 saturated carbocycles. The fraction of sp³-hybridized carbons (Fsp3) is 0.542. The Hall–Kier alpha value is -2.48. The second-order valence-corrected chi connectivity index (χ2v) is 9.02. The molecule has 3 heterocycles. The molecular weight excluding hydrogens is 423 g/mol. The van der Waals surface area contributed by atoms with Crippen LogP contribution >= 0.6 is 12.2 Å². The smallest absolute Gasteiger partial charge is 0.232 e. The number of piperidine rings is 2. The first kappa shape index (κ1) is 22.7. The summed E-state index contributed by atoms with van der Waals surface area (Å²) in [7, 11) is 0. The predicted molar refractivity (Wildman–Crippen MR) is 133 cm³/mol. The third kappa shape index (κ3) is 6.51. The molecule has 4 rings (SSSR count). The quantitative estimate of drug-likeness (QED) is 0.469. The van der Waals surface area contributed by atoms with Crippen LogP contribution in [0.2, 0.25) is 0 Å². The highest BCUT2D eigenvalue weighted by Gasteiger charge is 2.19. The number of nitrogens with zero attached hydrogens (tertiary/aromatic N) is 4. The number of hydrogen-bond acceptors (Lipinski definition) is 5. The largest absolute Gasteiger partial charge is 0.362 e. The summed E-state index contributed by atoms with van der Waals surface area (Å²) < 4.78 is 13.0. The van der Waals surface area contributed by atoms with Gasteiger partial charge in [0.1, 0.15) is 17.5 Å². The lowest BCUT2D eigenvalue weighted by Gasteiger charge is -2.31. The third-order valence-electron chi connectivity index (χ3n) is 6.13. The minimum absolute atomic E-state index is 0.201. The summed E-state index contributed by atoms with van der Waals surface area (Å²) in [4.78, 5) is 14.3. The highest BCUT2D eigenvalue weighted by Crippen LogP contribution is 2.26. The average Bonchev–Trinajstić information content (AvgIpc) is 2.84. The minimum atomic E-state index is -0.201. The molecule has 1 aromatic carbocycles. The Morgan fingerprint density at radius 1 is 0.875 bits per heavy atom. The van der Waals surface area contributed by atoms with Gasteiger partial charge in [0.2, 0.25) is 5.95 Å². The van der Waals surface area contributed by atoms with E-state index in [2.05, 4.69) is 26.5 Å². The topological polar surface area (TPSA) is 56.3 Å². The molecule has 2 aromatic rings. The lowest BCUT2D eigenvalue weighted by Crippen LogP contribution is -2.34. The average molecular weight is 457 g/mol. The van der Waals surface area contributed by atoms with Crippen LogP contribution in [-0.2, 0) is 6.42 Å². The molecule has 32 heavy (non-hydrogen) atoms. The number of hydrogen-bond donors (Lipinski definition) is 2. The number of aryl methyl sites for hydroxylation is 1. The summed E-state index contributed by atoms with van der Waals surface area (Å²) in [5.74, 6) is 2.33. The number of halogens is 1. The van der Waals surface area contributed by atoms with Crippen LogP contribution in [0.3, 0.4) is 0 Å². The van der Waals surface area contributed by atoms with Crippen LogP contribution < -0.4 is 20.4 Å². The number of rotatable bonds is 7. The maximum atomic E-state index is 13.0. The normalized spacial score (nSPS) is 16.7. The monoisotopic (exact) mass is 456 g/mol. The van der Waals surface area contributed by atoms with Crippen molar-refractivity contribution >= 4 is 34.9 Å². The summed E-state index contributed by atoms with van der Waals surface area (Å²) >= 11 is 5.50. The van der Waals surface area contributed by atoms with E-state index in [0.717, 1.165) is 62.8 Å². The van der Waals surface area contributed by atoms with Crippen LogP contribution in [0.4, 0.5) is 22.0 Å². The summed E-state index contributed by atoms with van der Waals surface area (Å²) in [5.41, 5.74) is 1.12. The highest BCUT2D eigenvalue weighted by atomic mass is 32.1. The molecule has 6 nitrogen and oxygen atoms in total. The first-order valence-corrected chi connectivity index (χ1v) is 12.3. The molecule has 0 unspecified atom stereocenters. The lowest BCUT2D eigenvalue weighted by molar-refractivity contribution is 0.567. The van der Waals surface area contributed by atoms with Gasteiger partial charge in [-0.15, -0.1) is 0 Å². The van der Waals surface area contributed by atoms with Gasteiger partial charge in [-0.1, -0.05) is 12.1 Å². The van der Waals surface area contributed by atoms with Gasteiger partial charge in [0.15, 0.2) is 5.11 Å². The Labute approximate surface area is 195 Å². The molecular formula is C24H33FN6S. The summed E-state index contributed by atoms with van der Waals surface area (Å²) in [6.45, 7) is 4.90. The first-order valence-electron chi connectivity index (χ1n) is 11.9.